The summed E-state index contributed by atoms with van der Waals surface area (Å²) in [5, 5.41) is 11.3. The summed E-state index contributed by atoms with van der Waals surface area (Å²) in [6, 6.07) is 8.19. The maximum atomic E-state index is 10.6. The first-order chi connectivity index (χ1) is 7.12. The summed E-state index contributed by atoms with van der Waals surface area (Å²) in [4.78, 5) is 0. The van der Waals surface area contributed by atoms with Gasteiger partial charge in [0.05, 0.1) is 5.60 Å². The number of hydrogen-bond acceptors (Lipinski definition) is 2. The van der Waals surface area contributed by atoms with Crippen LogP contribution in [0.3, 0.4) is 0 Å². The van der Waals surface area contributed by atoms with Crippen LogP contribution in [0.15, 0.2) is 24.3 Å². The predicted octanol–water partition coefficient (Wildman–Crippen LogP) is 3.10. The Hall–Kier alpha value is -0.470. The number of thioether (sulfide) groups is 1. The van der Waals surface area contributed by atoms with Crippen LogP contribution >= 0.6 is 11.8 Å². The summed E-state index contributed by atoms with van der Waals surface area (Å²) in [7, 11) is 0. The molecule has 82 valence electrons. The minimum Gasteiger partial charge on any atom is -0.384 e. The fourth-order valence-electron chi connectivity index (χ4n) is 2.19. The second kappa shape index (κ2) is 4.18. The van der Waals surface area contributed by atoms with Crippen LogP contribution in [0, 0.1) is 6.92 Å². The molecule has 1 N–H and O–H groups in total. The van der Waals surface area contributed by atoms with Gasteiger partial charge in [-0.3, -0.25) is 0 Å². The normalized spacial score (nSPS) is 31.5. The summed E-state index contributed by atoms with van der Waals surface area (Å²) in [6.07, 6.45) is 2.00. The van der Waals surface area contributed by atoms with Crippen molar-refractivity contribution in [1.82, 2.24) is 0 Å². The van der Waals surface area contributed by atoms with Gasteiger partial charge in [-0.05, 0) is 30.9 Å². The summed E-state index contributed by atoms with van der Waals surface area (Å²) in [5.41, 5.74) is 1.72. The lowest BCUT2D eigenvalue weighted by Gasteiger charge is -2.35. The monoisotopic (exact) mass is 222 g/mol. The molecule has 1 heterocycles. The molecule has 0 amide bonds. The molecule has 0 aliphatic carbocycles. The first-order valence-electron chi connectivity index (χ1n) is 5.52. The molecule has 1 saturated heterocycles. The van der Waals surface area contributed by atoms with E-state index in [1.807, 2.05) is 23.9 Å². The molecule has 1 aliphatic rings. The smallest absolute Gasteiger partial charge is 0.0989 e. The maximum Gasteiger partial charge on any atom is 0.0989 e. The Labute approximate surface area is 95.9 Å². The van der Waals surface area contributed by atoms with Gasteiger partial charge in [0, 0.05) is 11.0 Å². The molecule has 1 aromatic rings. The van der Waals surface area contributed by atoms with Gasteiger partial charge in [-0.2, -0.15) is 11.8 Å². The van der Waals surface area contributed by atoms with Crippen LogP contribution in [0.5, 0.6) is 0 Å². The second-order valence-electron chi connectivity index (χ2n) is 4.51. The highest BCUT2D eigenvalue weighted by Gasteiger charge is 2.34. The zero-order valence-electron chi connectivity index (χ0n) is 9.36. The third kappa shape index (κ3) is 2.21. The third-order valence-electron chi connectivity index (χ3n) is 3.22. The van der Waals surface area contributed by atoms with Crippen molar-refractivity contribution in [3.63, 3.8) is 0 Å². The molecule has 1 aliphatic heterocycles. The molecule has 0 bridgehead atoms. The fraction of sp³-hybridized carbons (Fsp3) is 0.538. The quantitative estimate of drug-likeness (QED) is 0.788. The van der Waals surface area contributed by atoms with Crippen molar-refractivity contribution in [2.45, 2.75) is 37.5 Å². The molecule has 1 aromatic carbocycles. The van der Waals surface area contributed by atoms with Gasteiger partial charge in [0.15, 0.2) is 0 Å². The van der Waals surface area contributed by atoms with Crippen molar-refractivity contribution >= 4 is 11.8 Å². The Morgan fingerprint density at radius 1 is 1.40 bits per heavy atom. The molecular formula is C13H18OS. The minimum atomic E-state index is -0.595. The zero-order chi connectivity index (χ0) is 10.9. The van der Waals surface area contributed by atoms with Gasteiger partial charge >= 0.3 is 0 Å². The summed E-state index contributed by atoms with van der Waals surface area (Å²) < 4.78 is 0. The summed E-state index contributed by atoms with van der Waals surface area (Å²) in [5.74, 6) is 0.832. The number of benzene rings is 1. The largest absolute Gasteiger partial charge is 0.384 e. The van der Waals surface area contributed by atoms with Gasteiger partial charge in [-0.25, -0.2) is 0 Å². The first-order valence-corrected chi connectivity index (χ1v) is 6.57. The maximum absolute atomic E-state index is 10.6. The van der Waals surface area contributed by atoms with Crippen LogP contribution < -0.4 is 0 Å². The average molecular weight is 222 g/mol. The van der Waals surface area contributed by atoms with E-state index in [0.717, 1.165) is 24.2 Å². The topological polar surface area (TPSA) is 20.2 Å². The Morgan fingerprint density at radius 3 is 2.73 bits per heavy atom. The third-order valence-corrected chi connectivity index (χ3v) is 4.67. The van der Waals surface area contributed by atoms with Gasteiger partial charge in [0.1, 0.15) is 0 Å². The Morgan fingerprint density at radius 2 is 2.13 bits per heavy atom. The fourth-order valence-corrected chi connectivity index (χ4v) is 3.33. The standard InChI is InChI=1S/C13H18OS/c1-10-5-3-4-6-12(10)13(14)8-7-11(2)15-9-13/h3-6,11,14H,7-9H2,1-2H3. The molecule has 0 radical (unpaired) electrons. The van der Waals surface area contributed by atoms with Gasteiger partial charge in [0.2, 0.25) is 0 Å². The van der Waals surface area contributed by atoms with Crippen molar-refractivity contribution < 1.29 is 5.11 Å². The van der Waals surface area contributed by atoms with Crippen molar-refractivity contribution in [3.8, 4) is 0 Å². The molecule has 2 unspecified atom stereocenters. The molecule has 2 atom stereocenters. The van der Waals surface area contributed by atoms with Crippen LogP contribution in [0.4, 0.5) is 0 Å². The number of hydrogen-bond donors (Lipinski definition) is 1. The van der Waals surface area contributed by atoms with Crippen LogP contribution in [0.2, 0.25) is 0 Å². The molecule has 15 heavy (non-hydrogen) atoms. The molecular weight excluding hydrogens is 204 g/mol. The van der Waals surface area contributed by atoms with E-state index in [9.17, 15) is 5.11 Å². The van der Waals surface area contributed by atoms with Crippen LogP contribution in [0.25, 0.3) is 0 Å². The van der Waals surface area contributed by atoms with Crippen molar-refractivity contribution in [3.05, 3.63) is 35.4 Å². The number of aryl methyl sites for hydroxylation is 1. The number of rotatable bonds is 1. The van der Waals surface area contributed by atoms with Crippen molar-refractivity contribution in [2.75, 3.05) is 5.75 Å². The van der Waals surface area contributed by atoms with Gasteiger partial charge in [0.25, 0.3) is 0 Å². The molecule has 0 spiro atoms. The minimum absolute atomic E-state index is 0.595. The van der Waals surface area contributed by atoms with Crippen molar-refractivity contribution in [1.29, 1.82) is 0 Å². The van der Waals surface area contributed by atoms with E-state index in [-0.39, 0.29) is 0 Å². The highest BCUT2D eigenvalue weighted by atomic mass is 32.2. The Bertz CT molecular complexity index is 340. The Balaban J connectivity index is 2.26. The van der Waals surface area contributed by atoms with E-state index in [1.54, 1.807) is 0 Å². The highest BCUT2D eigenvalue weighted by molar-refractivity contribution is 8.00. The summed E-state index contributed by atoms with van der Waals surface area (Å²) in [6.45, 7) is 4.32. The van der Waals surface area contributed by atoms with Crippen LogP contribution in [-0.4, -0.2) is 16.1 Å². The lowest BCUT2D eigenvalue weighted by atomic mass is 9.87. The second-order valence-corrected chi connectivity index (χ2v) is 5.93. The summed E-state index contributed by atoms with van der Waals surface area (Å²) >= 11 is 1.88. The van der Waals surface area contributed by atoms with E-state index in [0.29, 0.717) is 5.25 Å². The SMILES string of the molecule is Cc1ccccc1C1(O)CCC(C)SC1. The molecule has 0 saturated carbocycles. The highest BCUT2D eigenvalue weighted by Crippen LogP contribution is 2.39. The lowest BCUT2D eigenvalue weighted by molar-refractivity contribution is 0.0465. The average Bonchev–Trinajstić information content (AvgIpc) is 2.23. The first kappa shape index (κ1) is 11.0. The van der Waals surface area contributed by atoms with Gasteiger partial charge in [-0.1, -0.05) is 31.2 Å². The molecule has 2 rings (SSSR count). The van der Waals surface area contributed by atoms with Crippen molar-refractivity contribution in [2.24, 2.45) is 0 Å². The van der Waals surface area contributed by atoms with E-state index < -0.39 is 5.60 Å². The van der Waals surface area contributed by atoms with E-state index in [1.165, 1.54) is 5.56 Å². The van der Waals surface area contributed by atoms with Crippen LogP contribution in [0.1, 0.15) is 30.9 Å². The lowest BCUT2D eigenvalue weighted by Crippen LogP contribution is -2.34. The zero-order valence-corrected chi connectivity index (χ0v) is 10.2. The molecule has 2 heteroatoms. The van der Waals surface area contributed by atoms with Crippen LogP contribution in [-0.2, 0) is 5.60 Å². The molecule has 1 fully saturated rings. The molecule has 0 aromatic heterocycles. The van der Waals surface area contributed by atoms with Gasteiger partial charge in [-0.15, -0.1) is 0 Å². The number of aliphatic hydroxyl groups is 1. The Kier molecular flexibility index (Phi) is 3.08. The van der Waals surface area contributed by atoms with E-state index in [4.69, 9.17) is 0 Å². The molecule has 1 nitrogen and oxygen atoms in total. The van der Waals surface area contributed by atoms with Gasteiger partial charge < -0.3 is 5.11 Å². The van der Waals surface area contributed by atoms with E-state index >= 15 is 0 Å². The predicted molar refractivity (Wildman–Crippen MR) is 66.2 cm³/mol. The van der Waals surface area contributed by atoms with E-state index in [2.05, 4.69) is 26.0 Å².